The summed E-state index contributed by atoms with van der Waals surface area (Å²) in [4.78, 5) is 0. The van der Waals surface area contributed by atoms with Crippen LogP contribution in [-0.4, -0.2) is 16.8 Å². The second kappa shape index (κ2) is 5.94. The van der Waals surface area contributed by atoms with Gasteiger partial charge in [0.05, 0.1) is 6.20 Å². The van der Waals surface area contributed by atoms with Crippen LogP contribution in [0.25, 0.3) is 0 Å². The molecule has 1 rings (SSSR count). The van der Waals surface area contributed by atoms with E-state index in [1.807, 2.05) is 0 Å². The Kier molecular flexibility index (Phi) is 4.86. The van der Waals surface area contributed by atoms with Crippen molar-refractivity contribution in [3.05, 3.63) is 17.5 Å². The molecule has 0 amide bonds. The van der Waals surface area contributed by atoms with Gasteiger partial charge < -0.3 is 5.32 Å². The van der Waals surface area contributed by atoms with E-state index in [0.29, 0.717) is 24.6 Å². The van der Waals surface area contributed by atoms with E-state index in [1.54, 1.807) is 7.05 Å². The van der Waals surface area contributed by atoms with Gasteiger partial charge >= 0.3 is 0 Å². The maximum absolute atomic E-state index is 12.9. The Morgan fingerprint density at radius 3 is 2.62 bits per heavy atom. The number of halogens is 2. The van der Waals surface area contributed by atoms with Gasteiger partial charge in [0, 0.05) is 18.7 Å². The lowest BCUT2D eigenvalue weighted by molar-refractivity contribution is 0.137. The third-order valence-electron chi connectivity index (χ3n) is 2.45. The van der Waals surface area contributed by atoms with E-state index in [0.717, 1.165) is 6.42 Å². The average molecular weight is 231 g/mol. The summed E-state index contributed by atoms with van der Waals surface area (Å²) in [6.07, 6.45) is -0.0726. The van der Waals surface area contributed by atoms with E-state index < -0.39 is 6.43 Å². The summed E-state index contributed by atoms with van der Waals surface area (Å²) in [7, 11) is 1.74. The summed E-state index contributed by atoms with van der Waals surface area (Å²) in [5.41, 5.74) is 0.635. The Morgan fingerprint density at radius 2 is 2.12 bits per heavy atom. The largest absolute Gasteiger partial charge is 0.316 e. The molecule has 1 aromatic heterocycles. The Balaban J connectivity index is 2.82. The van der Waals surface area contributed by atoms with Gasteiger partial charge in [-0.05, 0) is 19.4 Å². The molecule has 0 saturated heterocycles. The minimum Gasteiger partial charge on any atom is -0.316 e. The van der Waals surface area contributed by atoms with Crippen LogP contribution in [0.1, 0.15) is 38.0 Å². The molecule has 3 nitrogen and oxygen atoms in total. The fraction of sp³-hybridized carbons (Fsp3) is 0.727. The monoisotopic (exact) mass is 231 g/mol. The van der Waals surface area contributed by atoms with Gasteiger partial charge in [-0.15, -0.1) is 0 Å². The highest BCUT2D eigenvalue weighted by Gasteiger charge is 2.19. The highest BCUT2D eigenvalue weighted by molar-refractivity contribution is 5.18. The molecule has 16 heavy (non-hydrogen) atoms. The third kappa shape index (κ3) is 3.27. The van der Waals surface area contributed by atoms with Crippen LogP contribution in [0, 0.1) is 5.92 Å². The molecule has 1 aromatic rings. The predicted molar refractivity (Wildman–Crippen MR) is 59.4 cm³/mol. The first-order valence-electron chi connectivity index (χ1n) is 5.53. The zero-order chi connectivity index (χ0) is 12.1. The summed E-state index contributed by atoms with van der Waals surface area (Å²) < 4.78 is 27.2. The third-order valence-corrected chi connectivity index (χ3v) is 2.45. The maximum Gasteiger partial charge on any atom is 0.280 e. The highest BCUT2D eigenvalue weighted by atomic mass is 19.3. The SMILES string of the molecule is CNCc1cnn(CCC(C)C)c1C(F)F. The first-order chi connectivity index (χ1) is 7.56. The zero-order valence-electron chi connectivity index (χ0n) is 10.0. The van der Waals surface area contributed by atoms with E-state index in [2.05, 4.69) is 24.3 Å². The lowest BCUT2D eigenvalue weighted by Gasteiger charge is -2.10. The number of aryl methyl sites for hydroxylation is 1. The fourth-order valence-electron chi connectivity index (χ4n) is 1.57. The summed E-state index contributed by atoms with van der Waals surface area (Å²) in [6, 6.07) is 0. The fourth-order valence-corrected chi connectivity index (χ4v) is 1.57. The molecule has 0 radical (unpaired) electrons. The van der Waals surface area contributed by atoms with Crippen molar-refractivity contribution < 1.29 is 8.78 Å². The molecule has 0 aliphatic heterocycles. The number of hydrogen-bond donors (Lipinski definition) is 1. The smallest absolute Gasteiger partial charge is 0.280 e. The van der Waals surface area contributed by atoms with Gasteiger partial charge in [0.1, 0.15) is 5.69 Å². The van der Waals surface area contributed by atoms with Crippen LogP contribution in [0.15, 0.2) is 6.20 Å². The quantitative estimate of drug-likeness (QED) is 0.815. The number of rotatable bonds is 6. The summed E-state index contributed by atoms with van der Waals surface area (Å²) >= 11 is 0. The Hall–Kier alpha value is -0.970. The molecule has 1 N–H and O–H groups in total. The second-order valence-electron chi connectivity index (χ2n) is 4.29. The van der Waals surface area contributed by atoms with E-state index in [1.165, 1.54) is 10.9 Å². The van der Waals surface area contributed by atoms with Crippen LogP contribution in [0.2, 0.25) is 0 Å². The van der Waals surface area contributed by atoms with Gasteiger partial charge in [0.15, 0.2) is 0 Å². The number of nitrogens with one attached hydrogen (secondary N) is 1. The van der Waals surface area contributed by atoms with Gasteiger partial charge in [0.2, 0.25) is 0 Å². The molecule has 0 aromatic carbocycles. The normalized spacial score (nSPS) is 11.7. The topological polar surface area (TPSA) is 29.9 Å². The van der Waals surface area contributed by atoms with Crippen molar-refractivity contribution in [2.75, 3.05) is 7.05 Å². The van der Waals surface area contributed by atoms with Crippen molar-refractivity contribution in [2.24, 2.45) is 5.92 Å². The van der Waals surface area contributed by atoms with E-state index in [-0.39, 0.29) is 5.69 Å². The number of alkyl halides is 2. The van der Waals surface area contributed by atoms with Crippen LogP contribution < -0.4 is 5.32 Å². The molecule has 0 aliphatic carbocycles. The minimum atomic E-state index is -2.46. The van der Waals surface area contributed by atoms with E-state index >= 15 is 0 Å². The van der Waals surface area contributed by atoms with E-state index in [9.17, 15) is 8.78 Å². The van der Waals surface area contributed by atoms with Crippen molar-refractivity contribution in [3.8, 4) is 0 Å². The average Bonchev–Trinajstić information content (AvgIpc) is 2.58. The van der Waals surface area contributed by atoms with Crippen LogP contribution in [0.3, 0.4) is 0 Å². The molecule has 0 bridgehead atoms. The summed E-state index contributed by atoms with van der Waals surface area (Å²) in [5, 5.41) is 6.90. The molecule has 0 atom stereocenters. The van der Waals surface area contributed by atoms with Crippen LogP contribution in [-0.2, 0) is 13.1 Å². The number of hydrogen-bond acceptors (Lipinski definition) is 2. The van der Waals surface area contributed by atoms with Crippen molar-refractivity contribution in [1.82, 2.24) is 15.1 Å². The van der Waals surface area contributed by atoms with Crippen molar-refractivity contribution in [1.29, 1.82) is 0 Å². The molecule has 0 fully saturated rings. The number of aromatic nitrogens is 2. The number of nitrogens with zero attached hydrogens (tertiary/aromatic N) is 2. The maximum atomic E-state index is 12.9. The molecule has 0 aliphatic rings. The molecule has 5 heteroatoms. The van der Waals surface area contributed by atoms with E-state index in [4.69, 9.17) is 0 Å². The van der Waals surface area contributed by atoms with Crippen LogP contribution in [0.5, 0.6) is 0 Å². The first kappa shape index (κ1) is 13.1. The Morgan fingerprint density at radius 1 is 1.44 bits per heavy atom. The van der Waals surface area contributed by atoms with Gasteiger partial charge in [-0.1, -0.05) is 13.8 Å². The van der Waals surface area contributed by atoms with Gasteiger partial charge in [-0.2, -0.15) is 5.10 Å². The summed E-state index contributed by atoms with van der Waals surface area (Å²) in [6.45, 7) is 5.13. The highest BCUT2D eigenvalue weighted by Crippen LogP contribution is 2.23. The second-order valence-corrected chi connectivity index (χ2v) is 4.29. The molecule has 0 unspecified atom stereocenters. The first-order valence-corrected chi connectivity index (χ1v) is 5.53. The lowest BCUT2D eigenvalue weighted by atomic mass is 10.1. The standard InChI is InChI=1S/C11H19F2N3/c1-8(2)4-5-16-10(11(12)13)9(6-14-3)7-15-16/h7-8,11,14H,4-6H2,1-3H3. The van der Waals surface area contributed by atoms with Gasteiger partial charge in [0.25, 0.3) is 6.43 Å². The molecular formula is C11H19F2N3. The van der Waals surface area contributed by atoms with Crippen molar-refractivity contribution in [3.63, 3.8) is 0 Å². The predicted octanol–water partition coefficient (Wildman–Crippen LogP) is 2.59. The van der Waals surface area contributed by atoms with Crippen molar-refractivity contribution >= 4 is 0 Å². The van der Waals surface area contributed by atoms with Crippen molar-refractivity contribution in [2.45, 2.75) is 39.8 Å². The van der Waals surface area contributed by atoms with Crippen LogP contribution >= 0.6 is 0 Å². The van der Waals surface area contributed by atoms with Gasteiger partial charge in [-0.3, -0.25) is 4.68 Å². The molecule has 0 spiro atoms. The Labute approximate surface area is 94.8 Å². The molecular weight excluding hydrogens is 212 g/mol. The minimum absolute atomic E-state index is 0.0509. The molecule has 1 heterocycles. The zero-order valence-corrected chi connectivity index (χ0v) is 10.0. The Bertz CT molecular complexity index is 321. The van der Waals surface area contributed by atoms with Crippen LogP contribution in [0.4, 0.5) is 8.78 Å². The lowest BCUT2D eigenvalue weighted by Crippen LogP contribution is -2.11. The summed E-state index contributed by atoms with van der Waals surface area (Å²) in [5.74, 6) is 0.488. The molecule has 92 valence electrons. The molecule has 0 saturated carbocycles. The van der Waals surface area contributed by atoms with Gasteiger partial charge in [-0.25, -0.2) is 8.78 Å².